The predicted octanol–water partition coefficient (Wildman–Crippen LogP) is 1.86. The Morgan fingerprint density at radius 1 is 1.42 bits per heavy atom. The molecule has 12 heavy (non-hydrogen) atoms. The monoisotopic (exact) mass is 172 g/mol. The number of ketones is 1. The summed E-state index contributed by atoms with van der Waals surface area (Å²) in [6.45, 7) is 3.74. The van der Waals surface area contributed by atoms with Gasteiger partial charge in [0.1, 0.15) is 5.78 Å². The average molecular weight is 172 g/mol. The molecule has 0 rings (SSSR count). The molecule has 0 aliphatic rings. The van der Waals surface area contributed by atoms with E-state index in [0.29, 0.717) is 19.3 Å². The molecule has 1 atom stereocenters. The molecular formula is C9H16O3. The predicted molar refractivity (Wildman–Crippen MR) is 45.9 cm³/mol. The van der Waals surface area contributed by atoms with E-state index < -0.39 is 5.97 Å². The molecular weight excluding hydrogens is 156 g/mol. The molecule has 0 radical (unpaired) electrons. The third-order valence-electron chi connectivity index (χ3n) is 1.82. The Kier molecular flexibility index (Phi) is 5.34. The van der Waals surface area contributed by atoms with Crippen molar-refractivity contribution < 1.29 is 14.7 Å². The molecule has 3 nitrogen and oxygen atoms in total. The molecule has 0 aromatic carbocycles. The molecule has 0 fully saturated rings. The van der Waals surface area contributed by atoms with E-state index in [1.165, 1.54) is 0 Å². The minimum absolute atomic E-state index is 0.165. The minimum Gasteiger partial charge on any atom is -0.481 e. The van der Waals surface area contributed by atoms with Gasteiger partial charge in [0.05, 0.1) is 0 Å². The standard InChI is InChI=1S/C9H16O3/c1-3-8(10)6-7(2)4-5-9(11)12/h7H,3-6H2,1-2H3,(H,11,12). The number of carboxylic acids is 1. The van der Waals surface area contributed by atoms with Gasteiger partial charge in [-0.25, -0.2) is 0 Å². The maximum atomic E-state index is 10.9. The zero-order valence-corrected chi connectivity index (χ0v) is 7.67. The largest absolute Gasteiger partial charge is 0.481 e. The summed E-state index contributed by atoms with van der Waals surface area (Å²) in [6.07, 6.45) is 1.83. The molecule has 0 amide bonds. The molecule has 0 heterocycles. The van der Waals surface area contributed by atoms with Crippen LogP contribution in [-0.2, 0) is 9.59 Å². The van der Waals surface area contributed by atoms with E-state index in [-0.39, 0.29) is 18.1 Å². The van der Waals surface area contributed by atoms with Crippen LogP contribution in [0.4, 0.5) is 0 Å². The van der Waals surface area contributed by atoms with Crippen LogP contribution < -0.4 is 0 Å². The first-order valence-electron chi connectivity index (χ1n) is 4.29. The second-order valence-corrected chi connectivity index (χ2v) is 3.13. The van der Waals surface area contributed by atoms with Gasteiger partial charge in [0, 0.05) is 19.3 Å². The molecule has 0 saturated heterocycles. The van der Waals surface area contributed by atoms with E-state index in [2.05, 4.69) is 0 Å². The van der Waals surface area contributed by atoms with Gasteiger partial charge in [-0.05, 0) is 12.3 Å². The van der Waals surface area contributed by atoms with Gasteiger partial charge in [0.15, 0.2) is 0 Å². The van der Waals surface area contributed by atoms with Crippen LogP contribution >= 0.6 is 0 Å². The zero-order valence-electron chi connectivity index (χ0n) is 7.67. The second-order valence-electron chi connectivity index (χ2n) is 3.13. The average Bonchev–Trinajstić information content (AvgIpc) is 2.00. The van der Waals surface area contributed by atoms with Crippen molar-refractivity contribution in [2.75, 3.05) is 0 Å². The fraction of sp³-hybridized carbons (Fsp3) is 0.778. The lowest BCUT2D eigenvalue weighted by Gasteiger charge is -2.06. The summed E-state index contributed by atoms with van der Waals surface area (Å²) in [5, 5.41) is 8.37. The van der Waals surface area contributed by atoms with Crippen molar-refractivity contribution in [3.05, 3.63) is 0 Å². The van der Waals surface area contributed by atoms with Crippen LogP contribution in [0.1, 0.15) is 39.5 Å². The number of Topliss-reactive ketones (excluding diaryl/α,β-unsaturated/α-hetero) is 1. The number of rotatable bonds is 6. The smallest absolute Gasteiger partial charge is 0.303 e. The van der Waals surface area contributed by atoms with Crippen molar-refractivity contribution in [2.24, 2.45) is 5.92 Å². The van der Waals surface area contributed by atoms with Crippen LogP contribution in [-0.4, -0.2) is 16.9 Å². The van der Waals surface area contributed by atoms with Crippen molar-refractivity contribution in [1.82, 2.24) is 0 Å². The molecule has 0 aromatic rings. The molecule has 0 aromatic heterocycles. The highest BCUT2D eigenvalue weighted by atomic mass is 16.4. The lowest BCUT2D eigenvalue weighted by atomic mass is 9.98. The first-order valence-corrected chi connectivity index (χ1v) is 4.29. The highest BCUT2D eigenvalue weighted by Gasteiger charge is 2.08. The molecule has 1 unspecified atom stereocenters. The van der Waals surface area contributed by atoms with Gasteiger partial charge >= 0.3 is 5.97 Å². The van der Waals surface area contributed by atoms with E-state index in [1.807, 2.05) is 13.8 Å². The van der Waals surface area contributed by atoms with Crippen LogP contribution in [0.25, 0.3) is 0 Å². The van der Waals surface area contributed by atoms with Crippen molar-refractivity contribution in [1.29, 1.82) is 0 Å². The van der Waals surface area contributed by atoms with E-state index in [1.54, 1.807) is 0 Å². The summed E-state index contributed by atoms with van der Waals surface area (Å²) in [5.74, 6) is -0.368. The number of carboxylic acid groups (broad SMARTS) is 1. The van der Waals surface area contributed by atoms with Gasteiger partial charge in [-0.1, -0.05) is 13.8 Å². The van der Waals surface area contributed by atoms with E-state index in [4.69, 9.17) is 5.11 Å². The summed E-state index contributed by atoms with van der Waals surface area (Å²) in [5.41, 5.74) is 0. The van der Waals surface area contributed by atoms with Gasteiger partial charge in [0.2, 0.25) is 0 Å². The van der Waals surface area contributed by atoms with Crippen molar-refractivity contribution in [2.45, 2.75) is 39.5 Å². The Balaban J connectivity index is 3.52. The summed E-state index contributed by atoms with van der Waals surface area (Å²) in [6, 6.07) is 0. The van der Waals surface area contributed by atoms with E-state index >= 15 is 0 Å². The maximum Gasteiger partial charge on any atom is 0.303 e. The molecule has 1 N–H and O–H groups in total. The van der Waals surface area contributed by atoms with Gasteiger partial charge in [-0.15, -0.1) is 0 Å². The summed E-state index contributed by atoms with van der Waals surface area (Å²) in [7, 11) is 0. The lowest BCUT2D eigenvalue weighted by molar-refractivity contribution is -0.137. The lowest BCUT2D eigenvalue weighted by Crippen LogP contribution is -2.06. The number of carbonyl (C=O) groups is 2. The van der Waals surface area contributed by atoms with Crippen LogP contribution in [0.2, 0.25) is 0 Å². The van der Waals surface area contributed by atoms with Gasteiger partial charge in [0.25, 0.3) is 0 Å². The van der Waals surface area contributed by atoms with Gasteiger partial charge in [-0.3, -0.25) is 9.59 Å². The normalized spacial score (nSPS) is 12.5. The first kappa shape index (κ1) is 11.1. The Labute approximate surface area is 72.8 Å². The van der Waals surface area contributed by atoms with Crippen LogP contribution in [0.5, 0.6) is 0 Å². The van der Waals surface area contributed by atoms with Crippen LogP contribution in [0.15, 0.2) is 0 Å². The number of aliphatic carboxylic acids is 1. The third kappa shape index (κ3) is 5.89. The summed E-state index contributed by atoms with van der Waals surface area (Å²) in [4.78, 5) is 21.1. The number of hydrogen-bond acceptors (Lipinski definition) is 2. The second kappa shape index (κ2) is 5.75. The zero-order chi connectivity index (χ0) is 9.56. The van der Waals surface area contributed by atoms with Gasteiger partial charge < -0.3 is 5.11 Å². The van der Waals surface area contributed by atoms with Gasteiger partial charge in [-0.2, -0.15) is 0 Å². The van der Waals surface area contributed by atoms with E-state index in [9.17, 15) is 9.59 Å². The fourth-order valence-corrected chi connectivity index (χ4v) is 1.00. The highest BCUT2D eigenvalue weighted by Crippen LogP contribution is 2.11. The molecule has 0 aliphatic carbocycles. The molecule has 0 saturated carbocycles. The van der Waals surface area contributed by atoms with Crippen molar-refractivity contribution in [3.63, 3.8) is 0 Å². The maximum absolute atomic E-state index is 10.9. The Morgan fingerprint density at radius 2 is 2.00 bits per heavy atom. The molecule has 0 spiro atoms. The molecule has 0 aliphatic heterocycles. The van der Waals surface area contributed by atoms with E-state index in [0.717, 1.165) is 0 Å². The van der Waals surface area contributed by atoms with Crippen LogP contribution in [0, 0.1) is 5.92 Å². The fourth-order valence-electron chi connectivity index (χ4n) is 1.00. The van der Waals surface area contributed by atoms with Crippen LogP contribution in [0.3, 0.4) is 0 Å². The summed E-state index contributed by atoms with van der Waals surface area (Å²) < 4.78 is 0. The topological polar surface area (TPSA) is 54.4 Å². The SMILES string of the molecule is CCC(=O)CC(C)CCC(=O)O. The Bertz CT molecular complexity index is 163. The van der Waals surface area contributed by atoms with Crippen molar-refractivity contribution >= 4 is 11.8 Å². The van der Waals surface area contributed by atoms with Crippen molar-refractivity contribution in [3.8, 4) is 0 Å². The molecule has 70 valence electrons. The third-order valence-corrected chi connectivity index (χ3v) is 1.82. The highest BCUT2D eigenvalue weighted by molar-refractivity contribution is 5.78. The molecule has 0 bridgehead atoms. The minimum atomic E-state index is -0.786. The first-order chi connectivity index (χ1) is 5.56. The quantitative estimate of drug-likeness (QED) is 0.665. The number of hydrogen-bond donors (Lipinski definition) is 1. The Morgan fingerprint density at radius 3 is 2.42 bits per heavy atom. The summed E-state index contributed by atoms with van der Waals surface area (Å²) >= 11 is 0. The Hall–Kier alpha value is -0.860. The number of carbonyl (C=O) groups excluding carboxylic acids is 1. The molecule has 3 heteroatoms.